The first-order chi connectivity index (χ1) is 28.8. The first-order valence-corrected chi connectivity index (χ1v) is 23.6. The molecule has 0 saturated heterocycles. The third-order valence-electron chi connectivity index (χ3n) is 19.7. The van der Waals surface area contributed by atoms with Gasteiger partial charge in [0.05, 0.1) is 18.4 Å². The first kappa shape index (κ1) is 45.3. The first-order valence-electron chi connectivity index (χ1n) is 23.2. The number of nitrogens with one attached hydrogen (secondary N) is 2. The van der Waals surface area contributed by atoms with E-state index >= 15 is 4.39 Å². The average Bonchev–Trinajstić information content (AvgIpc) is 3.72. The van der Waals surface area contributed by atoms with Crippen LogP contribution in [0, 0.1) is 67.5 Å². The minimum absolute atomic E-state index is 0.0202. The number of carboxylic acid groups (broad SMARTS) is 1. The van der Waals surface area contributed by atoms with Crippen LogP contribution in [0.25, 0.3) is 0 Å². The van der Waals surface area contributed by atoms with Crippen LogP contribution in [0.1, 0.15) is 150 Å². The highest BCUT2D eigenvalue weighted by Crippen LogP contribution is 2.87. The molecular formula is C50H68ClFN2O8. The van der Waals surface area contributed by atoms with Gasteiger partial charge >= 0.3 is 11.9 Å². The minimum atomic E-state index is -2.65. The number of amides is 2. The molecule has 4 N–H and O–H groups in total. The second-order valence-corrected chi connectivity index (χ2v) is 23.3. The number of benzene rings is 1. The maximum Gasteiger partial charge on any atom is 0.309 e. The second kappa shape index (κ2) is 14.6. The highest BCUT2D eigenvalue weighted by Gasteiger charge is 2.82. The van der Waals surface area contributed by atoms with E-state index in [1.165, 1.54) is 31.2 Å². The quantitative estimate of drug-likeness (QED) is 0.127. The molecule has 0 aromatic heterocycles. The van der Waals surface area contributed by atoms with E-state index < -0.39 is 58.9 Å². The monoisotopic (exact) mass is 878 g/mol. The normalized spacial score (nSPS) is 41.5. The number of carbonyl (C=O) groups excluding carboxylic acids is 4. The molecule has 6 saturated carbocycles. The molecule has 10 nitrogen and oxygen atoms in total. The molecule has 13 atom stereocenters. The van der Waals surface area contributed by atoms with Gasteiger partial charge in [-0.3, -0.25) is 24.0 Å². The number of rotatable bonds is 11. The lowest BCUT2D eigenvalue weighted by Gasteiger charge is -2.71. The molecule has 1 aromatic rings. The van der Waals surface area contributed by atoms with Crippen LogP contribution in [0.15, 0.2) is 35.4 Å². The van der Waals surface area contributed by atoms with Crippen LogP contribution in [-0.2, 0) is 23.9 Å². The van der Waals surface area contributed by atoms with Gasteiger partial charge in [0.2, 0.25) is 11.7 Å². The zero-order valence-corrected chi connectivity index (χ0v) is 38.9. The topological polar surface area (TPSA) is 159 Å². The van der Waals surface area contributed by atoms with E-state index in [4.69, 9.17) is 16.3 Å². The van der Waals surface area contributed by atoms with E-state index in [0.717, 1.165) is 62.5 Å². The van der Waals surface area contributed by atoms with Gasteiger partial charge in [-0.25, -0.2) is 4.39 Å². The van der Waals surface area contributed by atoms with E-state index in [1.54, 1.807) is 0 Å². The van der Waals surface area contributed by atoms with Crippen molar-refractivity contribution in [1.29, 1.82) is 0 Å². The molecular weight excluding hydrogens is 811 g/mol. The van der Waals surface area contributed by atoms with E-state index in [0.29, 0.717) is 23.8 Å². The van der Waals surface area contributed by atoms with Crippen LogP contribution in [0.2, 0.25) is 5.02 Å². The summed E-state index contributed by atoms with van der Waals surface area (Å²) in [6.07, 6.45) is 7.01. The van der Waals surface area contributed by atoms with Crippen molar-refractivity contribution in [3.05, 3.63) is 46.0 Å². The molecule has 1 spiro atoms. The molecule has 6 fully saturated rings. The number of carbonyl (C=O) groups is 5. The molecule has 2 amide bonds. The number of hydrogen-bond acceptors (Lipinski definition) is 7. The number of halogens is 2. The van der Waals surface area contributed by atoms with Crippen LogP contribution >= 0.6 is 11.6 Å². The SMILES string of the molecule is CC(C)C1=C2[C@H]3CC[C@@H]4[C@@]5(C)CC[C@H](OC(=O)[C@H]6C[C@@H](C(=O)O)C6(C)C)[C@@]6(C)C[C@]65CC[C@@]4(C)[C@]3(C)CC[C@@]2(CC(=O)NCC(F)(NC(=O)c2ccc(Cl)cc2)C(C)O)CC1=O. The predicted molar refractivity (Wildman–Crippen MR) is 232 cm³/mol. The largest absolute Gasteiger partial charge is 0.481 e. The molecule has 7 aliphatic carbocycles. The van der Waals surface area contributed by atoms with Crippen molar-refractivity contribution in [1.82, 2.24) is 10.6 Å². The third kappa shape index (κ3) is 6.25. The maximum atomic E-state index is 16.3. The zero-order valence-electron chi connectivity index (χ0n) is 38.1. The minimum Gasteiger partial charge on any atom is -0.481 e. The van der Waals surface area contributed by atoms with Gasteiger partial charge in [0, 0.05) is 34.3 Å². The van der Waals surface area contributed by atoms with Crippen molar-refractivity contribution >= 4 is 41.1 Å². The average molecular weight is 880 g/mol. The molecule has 12 heteroatoms. The summed E-state index contributed by atoms with van der Waals surface area (Å²) in [7, 11) is 0. The number of ketones is 1. The smallest absolute Gasteiger partial charge is 0.309 e. The van der Waals surface area contributed by atoms with Crippen LogP contribution in [0.3, 0.4) is 0 Å². The molecule has 8 rings (SSSR count). The van der Waals surface area contributed by atoms with Crippen LogP contribution < -0.4 is 10.6 Å². The van der Waals surface area contributed by atoms with Gasteiger partial charge in [0.15, 0.2) is 5.78 Å². The van der Waals surface area contributed by atoms with Crippen LogP contribution in [0.4, 0.5) is 4.39 Å². The number of ether oxygens (including phenoxy) is 1. The standard InChI is InChI=1S/C50H68ClFN2O8/c1-27(2)38-34(56)23-48(24-37(57)53-26-50(52,28(3)55)54-40(58)29-10-12-30(51)13-11-29)20-18-44(6)31(39(38)48)14-15-35-45(44,7)19-21-49-25-47(49,9)36(16-17-46(35,49)8)62-42(61)33-22-32(41(59)60)43(33,4)5/h10-13,27-28,31-33,35-36,55H,14-26H2,1-9H3,(H,53,57)(H,54,58)(H,59,60)/t28?,31-,32+,33-,35+,36+,44-,45-,46-,47-,48+,49+,50?/m1/s1. The Morgan fingerprint density at radius 2 is 1.55 bits per heavy atom. The maximum absolute atomic E-state index is 16.3. The molecule has 0 bridgehead atoms. The number of carboxylic acids is 1. The van der Waals surface area contributed by atoms with E-state index in [-0.39, 0.29) is 75.2 Å². The summed E-state index contributed by atoms with van der Waals surface area (Å²) in [5.41, 5.74) is 0.563. The fourth-order valence-corrected chi connectivity index (χ4v) is 15.8. The number of alkyl halides is 1. The number of aliphatic carboxylic acids is 1. The van der Waals surface area contributed by atoms with Gasteiger partial charge in [-0.2, -0.15) is 0 Å². The van der Waals surface area contributed by atoms with Gasteiger partial charge < -0.3 is 25.6 Å². The fraction of sp³-hybridized carbons (Fsp3) is 0.740. The molecule has 62 heavy (non-hydrogen) atoms. The van der Waals surface area contributed by atoms with E-state index in [1.807, 2.05) is 13.8 Å². The molecule has 1 aromatic carbocycles. The highest BCUT2D eigenvalue weighted by atomic mass is 35.5. The van der Waals surface area contributed by atoms with Gasteiger partial charge in [-0.15, -0.1) is 0 Å². The summed E-state index contributed by atoms with van der Waals surface area (Å²) >= 11 is 5.96. The Morgan fingerprint density at radius 1 is 0.887 bits per heavy atom. The Kier molecular flexibility index (Phi) is 10.7. The molecule has 2 unspecified atom stereocenters. The number of allylic oxidation sites excluding steroid dienone is 2. The van der Waals surface area contributed by atoms with Gasteiger partial charge in [0.25, 0.3) is 5.91 Å². The van der Waals surface area contributed by atoms with Gasteiger partial charge in [0.1, 0.15) is 12.2 Å². The van der Waals surface area contributed by atoms with Crippen molar-refractivity contribution in [2.24, 2.45) is 67.5 Å². The number of aliphatic hydroxyl groups is 1. The number of aliphatic hydroxyl groups excluding tert-OH is 1. The molecule has 0 radical (unpaired) electrons. The van der Waals surface area contributed by atoms with Crippen molar-refractivity contribution < 1.29 is 43.3 Å². The molecule has 0 heterocycles. The lowest BCUT2D eigenvalue weighted by atomic mass is 9.33. The molecule has 0 aliphatic heterocycles. The Labute approximate surface area is 371 Å². The number of esters is 1. The van der Waals surface area contributed by atoms with Crippen molar-refractivity contribution in [2.45, 2.75) is 157 Å². The summed E-state index contributed by atoms with van der Waals surface area (Å²) in [4.78, 5) is 66.7. The van der Waals surface area contributed by atoms with Crippen LogP contribution in [0.5, 0.6) is 0 Å². The summed E-state index contributed by atoms with van der Waals surface area (Å²) in [6.45, 7) is 18.3. The molecule has 340 valence electrons. The Bertz CT molecular complexity index is 2120. The fourth-order valence-electron chi connectivity index (χ4n) is 15.7. The number of hydrogen-bond donors (Lipinski definition) is 4. The number of fused-ring (bicyclic) bond motifs is 6. The van der Waals surface area contributed by atoms with Crippen molar-refractivity contribution in [3.63, 3.8) is 0 Å². The van der Waals surface area contributed by atoms with Gasteiger partial charge in [-0.1, -0.05) is 72.6 Å². The summed E-state index contributed by atoms with van der Waals surface area (Å²) < 4.78 is 22.7. The highest BCUT2D eigenvalue weighted by molar-refractivity contribution is 6.30. The Hall–Kier alpha value is -3.31. The summed E-state index contributed by atoms with van der Waals surface area (Å²) in [6, 6.07) is 5.94. The predicted octanol–water partition coefficient (Wildman–Crippen LogP) is 9.02. The zero-order chi connectivity index (χ0) is 45.4. The second-order valence-electron chi connectivity index (χ2n) is 22.9. The molecule has 7 aliphatic rings. The summed E-state index contributed by atoms with van der Waals surface area (Å²) in [5, 5.41) is 25.6. The summed E-state index contributed by atoms with van der Waals surface area (Å²) in [5.74, 6) is -5.28. The Balaban J connectivity index is 1.01. The third-order valence-corrected chi connectivity index (χ3v) is 20.0. The Morgan fingerprint density at radius 3 is 2.16 bits per heavy atom. The van der Waals surface area contributed by atoms with E-state index in [9.17, 15) is 34.2 Å². The lowest BCUT2D eigenvalue weighted by Crippen LogP contribution is -2.64. The van der Waals surface area contributed by atoms with Crippen molar-refractivity contribution in [3.8, 4) is 0 Å². The van der Waals surface area contributed by atoms with Crippen LogP contribution in [-0.4, -0.2) is 64.3 Å². The van der Waals surface area contributed by atoms with E-state index in [2.05, 4.69) is 52.2 Å². The number of Topliss-reactive ketones (excluding diaryl/α,β-unsaturated/α-hetero) is 1. The lowest BCUT2D eigenvalue weighted by molar-refractivity contribution is -0.221. The van der Waals surface area contributed by atoms with Gasteiger partial charge in [-0.05, 0) is 146 Å². The van der Waals surface area contributed by atoms with Crippen molar-refractivity contribution in [2.75, 3.05) is 6.54 Å².